The average Bonchev–Trinajstić information content (AvgIpc) is 2.74. The lowest BCUT2D eigenvalue weighted by Gasteiger charge is -2.09. The summed E-state index contributed by atoms with van der Waals surface area (Å²) >= 11 is 1.65. The van der Waals surface area contributed by atoms with Crippen molar-refractivity contribution in [2.45, 2.75) is 32.4 Å². The summed E-state index contributed by atoms with van der Waals surface area (Å²) in [5.41, 5.74) is 0. The SMILES string of the molecule is C=CCC(C)NCc1ccc(CC(=O)OC)s1. The van der Waals surface area contributed by atoms with Gasteiger partial charge in [-0.25, -0.2) is 0 Å². The maximum Gasteiger partial charge on any atom is 0.310 e. The minimum Gasteiger partial charge on any atom is -0.469 e. The van der Waals surface area contributed by atoms with Gasteiger partial charge in [0.2, 0.25) is 0 Å². The Kier molecular flexibility index (Phi) is 5.94. The summed E-state index contributed by atoms with van der Waals surface area (Å²) in [6.45, 7) is 6.68. The van der Waals surface area contributed by atoms with E-state index in [1.165, 1.54) is 12.0 Å². The molecule has 0 spiro atoms. The molecule has 1 aromatic rings. The molecule has 1 aromatic heterocycles. The Bertz CT molecular complexity index is 373. The second kappa shape index (κ2) is 7.25. The highest BCUT2D eigenvalue weighted by molar-refractivity contribution is 7.12. The molecule has 1 atom stereocenters. The molecule has 0 aliphatic rings. The standard InChI is InChI=1S/C13H19NO2S/c1-4-5-10(2)14-9-12-7-6-11(17-12)8-13(15)16-3/h4,6-7,10,14H,1,5,8-9H2,2-3H3. The van der Waals surface area contributed by atoms with Crippen molar-refractivity contribution in [1.82, 2.24) is 5.32 Å². The molecule has 17 heavy (non-hydrogen) atoms. The van der Waals surface area contributed by atoms with Crippen molar-refractivity contribution in [2.75, 3.05) is 7.11 Å². The first-order valence-electron chi connectivity index (χ1n) is 5.64. The van der Waals surface area contributed by atoms with E-state index in [0.717, 1.165) is 17.8 Å². The fourth-order valence-corrected chi connectivity index (χ4v) is 2.39. The van der Waals surface area contributed by atoms with Gasteiger partial charge in [-0.3, -0.25) is 4.79 Å². The molecule has 1 heterocycles. The molecule has 0 fully saturated rings. The molecular weight excluding hydrogens is 234 g/mol. The normalized spacial score (nSPS) is 12.1. The first kappa shape index (κ1) is 13.9. The van der Waals surface area contributed by atoms with Gasteiger partial charge in [-0.2, -0.15) is 0 Å². The van der Waals surface area contributed by atoms with Crippen molar-refractivity contribution < 1.29 is 9.53 Å². The highest BCUT2D eigenvalue weighted by Gasteiger charge is 2.06. The third-order valence-electron chi connectivity index (χ3n) is 2.41. The van der Waals surface area contributed by atoms with Crippen LogP contribution in [0.15, 0.2) is 24.8 Å². The van der Waals surface area contributed by atoms with Gasteiger partial charge in [0.25, 0.3) is 0 Å². The fourth-order valence-electron chi connectivity index (χ4n) is 1.43. The summed E-state index contributed by atoms with van der Waals surface area (Å²) in [6, 6.07) is 4.46. The van der Waals surface area contributed by atoms with Gasteiger partial charge >= 0.3 is 5.97 Å². The molecule has 0 radical (unpaired) electrons. The largest absolute Gasteiger partial charge is 0.469 e. The van der Waals surface area contributed by atoms with E-state index in [2.05, 4.69) is 29.6 Å². The third kappa shape index (κ3) is 5.15. The van der Waals surface area contributed by atoms with Gasteiger partial charge in [-0.15, -0.1) is 17.9 Å². The lowest BCUT2D eigenvalue weighted by molar-refractivity contribution is -0.139. The molecule has 0 saturated heterocycles. The predicted molar refractivity (Wildman–Crippen MR) is 71.2 cm³/mol. The average molecular weight is 253 g/mol. The first-order valence-corrected chi connectivity index (χ1v) is 6.46. The summed E-state index contributed by atoms with van der Waals surface area (Å²) < 4.78 is 4.63. The van der Waals surface area contributed by atoms with E-state index in [1.807, 2.05) is 12.1 Å². The number of rotatable bonds is 7. The Morgan fingerprint density at radius 1 is 1.59 bits per heavy atom. The zero-order chi connectivity index (χ0) is 12.7. The van der Waals surface area contributed by atoms with E-state index in [0.29, 0.717) is 12.5 Å². The predicted octanol–water partition coefficient (Wildman–Crippen LogP) is 2.52. The van der Waals surface area contributed by atoms with Gasteiger partial charge in [-0.1, -0.05) is 6.08 Å². The molecule has 0 aliphatic heterocycles. The Hall–Kier alpha value is -1.13. The zero-order valence-electron chi connectivity index (χ0n) is 10.4. The van der Waals surface area contributed by atoms with E-state index in [1.54, 1.807) is 11.3 Å². The molecule has 3 nitrogen and oxygen atoms in total. The van der Waals surface area contributed by atoms with Gasteiger partial charge in [0.1, 0.15) is 0 Å². The minimum atomic E-state index is -0.189. The Labute approximate surface area is 106 Å². The quantitative estimate of drug-likeness (QED) is 0.599. The summed E-state index contributed by atoms with van der Waals surface area (Å²) in [4.78, 5) is 13.4. The third-order valence-corrected chi connectivity index (χ3v) is 3.49. The maximum atomic E-state index is 11.1. The van der Waals surface area contributed by atoms with Gasteiger partial charge in [0.05, 0.1) is 13.5 Å². The number of hydrogen-bond donors (Lipinski definition) is 1. The number of carbonyl (C=O) groups is 1. The fraction of sp³-hybridized carbons (Fsp3) is 0.462. The van der Waals surface area contributed by atoms with E-state index in [4.69, 9.17) is 0 Å². The van der Waals surface area contributed by atoms with Crippen LogP contribution in [0.2, 0.25) is 0 Å². The first-order chi connectivity index (χ1) is 8.15. The van der Waals surface area contributed by atoms with Crippen molar-refractivity contribution >= 4 is 17.3 Å². The molecule has 94 valence electrons. The van der Waals surface area contributed by atoms with E-state index < -0.39 is 0 Å². The number of thiophene rings is 1. The van der Waals surface area contributed by atoms with Crippen LogP contribution in [-0.4, -0.2) is 19.1 Å². The van der Waals surface area contributed by atoms with Crippen molar-refractivity contribution in [2.24, 2.45) is 0 Å². The van der Waals surface area contributed by atoms with Crippen LogP contribution in [0.4, 0.5) is 0 Å². The lowest BCUT2D eigenvalue weighted by atomic mass is 10.2. The van der Waals surface area contributed by atoms with Crippen molar-refractivity contribution in [3.63, 3.8) is 0 Å². The van der Waals surface area contributed by atoms with E-state index >= 15 is 0 Å². The molecule has 0 aromatic carbocycles. The van der Waals surface area contributed by atoms with Crippen LogP contribution in [0.3, 0.4) is 0 Å². The molecule has 0 amide bonds. The molecule has 0 bridgehead atoms. The highest BCUT2D eigenvalue weighted by atomic mass is 32.1. The molecule has 1 unspecified atom stereocenters. The lowest BCUT2D eigenvalue weighted by Crippen LogP contribution is -2.24. The summed E-state index contributed by atoms with van der Waals surface area (Å²) in [5.74, 6) is -0.189. The Morgan fingerprint density at radius 3 is 2.94 bits per heavy atom. The van der Waals surface area contributed by atoms with Crippen molar-refractivity contribution in [1.29, 1.82) is 0 Å². The monoisotopic (exact) mass is 253 g/mol. The number of methoxy groups -OCH3 is 1. The van der Waals surface area contributed by atoms with Crippen LogP contribution in [0, 0.1) is 0 Å². The van der Waals surface area contributed by atoms with Crippen molar-refractivity contribution in [3.8, 4) is 0 Å². The second-order valence-corrected chi connectivity index (χ2v) is 5.18. The van der Waals surface area contributed by atoms with Crippen molar-refractivity contribution in [3.05, 3.63) is 34.5 Å². The van der Waals surface area contributed by atoms with Gasteiger partial charge in [-0.05, 0) is 25.5 Å². The van der Waals surface area contributed by atoms with E-state index in [9.17, 15) is 4.79 Å². The zero-order valence-corrected chi connectivity index (χ0v) is 11.2. The van der Waals surface area contributed by atoms with Gasteiger partial charge < -0.3 is 10.1 Å². The molecule has 1 N–H and O–H groups in total. The summed E-state index contributed by atoms with van der Waals surface area (Å²) in [7, 11) is 1.41. The van der Waals surface area contributed by atoms with Crippen LogP contribution in [-0.2, 0) is 22.5 Å². The molecule has 0 saturated carbocycles. The number of hydrogen-bond acceptors (Lipinski definition) is 4. The number of carbonyl (C=O) groups excluding carboxylic acids is 1. The summed E-state index contributed by atoms with van der Waals surface area (Å²) in [5, 5.41) is 3.40. The smallest absolute Gasteiger partial charge is 0.310 e. The molecule has 0 aliphatic carbocycles. The molecule has 1 rings (SSSR count). The van der Waals surface area contributed by atoms with E-state index in [-0.39, 0.29) is 5.97 Å². The van der Waals surface area contributed by atoms with Gasteiger partial charge in [0.15, 0.2) is 0 Å². The van der Waals surface area contributed by atoms with Crippen LogP contribution < -0.4 is 5.32 Å². The Morgan fingerprint density at radius 2 is 2.29 bits per heavy atom. The second-order valence-electron chi connectivity index (χ2n) is 3.93. The Balaban J connectivity index is 2.40. The molecular formula is C13H19NO2S. The maximum absolute atomic E-state index is 11.1. The van der Waals surface area contributed by atoms with Crippen LogP contribution >= 0.6 is 11.3 Å². The molecule has 4 heteroatoms. The van der Waals surface area contributed by atoms with Crippen LogP contribution in [0.1, 0.15) is 23.1 Å². The van der Waals surface area contributed by atoms with Crippen LogP contribution in [0.5, 0.6) is 0 Å². The topological polar surface area (TPSA) is 38.3 Å². The number of ether oxygens (including phenoxy) is 1. The minimum absolute atomic E-state index is 0.189. The highest BCUT2D eigenvalue weighted by Crippen LogP contribution is 2.17. The summed E-state index contributed by atoms with van der Waals surface area (Å²) in [6.07, 6.45) is 3.23. The van der Waals surface area contributed by atoms with Gasteiger partial charge in [0, 0.05) is 22.3 Å². The van der Waals surface area contributed by atoms with Crippen LogP contribution in [0.25, 0.3) is 0 Å². The number of nitrogens with one attached hydrogen (secondary N) is 1. The number of esters is 1.